The van der Waals surface area contributed by atoms with Crippen LogP contribution in [0.15, 0.2) is 24.3 Å². The molecule has 0 aromatic heterocycles. The van der Waals surface area contributed by atoms with E-state index in [2.05, 4.69) is 36.6 Å². The van der Waals surface area contributed by atoms with Crippen LogP contribution in [0, 0.1) is 5.92 Å². The van der Waals surface area contributed by atoms with Crippen molar-refractivity contribution in [3.8, 4) is 0 Å². The van der Waals surface area contributed by atoms with E-state index in [1.165, 1.54) is 31.2 Å². The molecule has 0 bridgehead atoms. The predicted octanol–water partition coefficient (Wildman–Crippen LogP) is 3.75. The zero-order valence-corrected chi connectivity index (χ0v) is 13.3. The van der Waals surface area contributed by atoms with Gasteiger partial charge in [0.05, 0.1) is 0 Å². The van der Waals surface area contributed by atoms with E-state index in [9.17, 15) is 4.79 Å². The van der Waals surface area contributed by atoms with Gasteiger partial charge in [-0.3, -0.25) is 4.79 Å². The van der Waals surface area contributed by atoms with Gasteiger partial charge in [0.2, 0.25) is 5.91 Å². The average Bonchev–Trinajstić information content (AvgIpc) is 2.49. The van der Waals surface area contributed by atoms with Gasteiger partial charge < -0.3 is 10.6 Å². The lowest BCUT2D eigenvalue weighted by Crippen LogP contribution is -2.42. The number of aryl methyl sites for hydroxylation is 1. The van der Waals surface area contributed by atoms with Crippen molar-refractivity contribution in [2.24, 2.45) is 5.92 Å². The number of benzene rings is 1. The number of hydrogen-bond acceptors (Lipinski definition) is 2. The highest BCUT2D eigenvalue weighted by atomic mass is 16.1. The molecule has 21 heavy (non-hydrogen) atoms. The van der Waals surface area contributed by atoms with Crippen LogP contribution in [0.2, 0.25) is 0 Å². The monoisotopic (exact) mass is 288 g/mol. The molecule has 0 radical (unpaired) electrons. The number of rotatable bonds is 6. The lowest BCUT2D eigenvalue weighted by Gasteiger charge is -2.29. The summed E-state index contributed by atoms with van der Waals surface area (Å²) in [5, 5.41) is 6.47. The number of carbonyl (C=O) groups is 1. The van der Waals surface area contributed by atoms with Gasteiger partial charge in [-0.05, 0) is 55.8 Å². The fourth-order valence-electron chi connectivity index (χ4n) is 2.93. The van der Waals surface area contributed by atoms with Crippen LogP contribution in [-0.2, 0) is 11.2 Å². The van der Waals surface area contributed by atoms with E-state index < -0.39 is 0 Å². The molecule has 1 aliphatic rings. The number of hydrogen-bond donors (Lipinski definition) is 2. The van der Waals surface area contributed by atoms with Crippen molar-refractivity contribution in [2.45, 2.75) is 58.4 Å². The molecule has 1 aliphatic heterocycles. The van der Waals surface area contributed by atoms with Crippen LogP contribution in [-0.4, -0.2) is 18.5 Å². The van der Waals surface area contributed by atoms with Crippen LogP contribution in [0.5, 0.6) is 0 Å². The summed E-state index contributed by atoms with van der Waals surface area (Å²) >= 11 is 0. The second kappa shape index (κ2) is 8.18. The molecule has 116 valence electrons. The van der Waals surface area contributed by atoms with Gasteiger partial charge in [-0.2, -0.15) is 0 Å². The molecule has 0 aliphatic carbocycles. The second-order valence-corrected chi connectivity index (χ2v) is 6.23. The van der Waals surface area contributed by atoms with Crippen molar-refractivity contribution < 1.29 is 4.79 Å². The van der Waals surface area contributed by atoms with Crippen LogP contribution < -0.4 is 10.6 Å². The molecular weight excluding hydrogens is 260 g/mol. The van der Waals surface area contributed by atoms with E-state index in [0.717, 1.165) is 18.7 Å². The molecule has 2 atom stereocenters. The van der Waals surface area contributed by atoms with Gasteiger partial charge in [0.1, 0.15) is 0 Å². The molecule has 0 spiro atoms. The summed E-state index contributed by atoms with van der Waals surface area (Å²) < 4.78 is 0. The Bertz CT molecular complexity index is 441. The second-order valence-electron chi connectivity index (χ2n) is 6.23. The van der Waals surface area contributed by atoms with Gasteiger partial charge in [0.15, 0.2) is 0 Å². The van der Waals surface area contributed by atoms with Crippen LogP contribution in [0.3, 0.4) is 0 Å². The van der Waals surface area contributed by atoms with Crippen LogP contribution >= 0.6 is 0 Å². The molecule has 1 saturated heterocycles. The fourth-order valence-corrected chi connectivity index (χ4v) is 2.93. The molecular formula is C18H28N2O. The zero-order chi connectivity index (χ0) is 15.1. The first-order valence-corrected chi connectivity index (χ1v) is 8.31. The van der Waals surface area contributed by atoms with Crippen LogP contribution in [0.25, 0.3) is 0 Å². The summed E-state index contributed by atoms with van der Waals surface area (Å²) in [5.41, 5.74) is 2.25. The maximum absolute atomic E-state index is 12.1. The van der Waals surface area contributed by atoms with Crippen molar-refractivity contribution >= 4 is 11.6 Å². The summed E-state index contributed by atoms with van der Waals surface area (Å²) in [6.45, 7) is 5.47. The third kappa shape index (κ3) is 5.16. The standard InChI is InChI=1S/C18H28N2O/c1-3-4-7-15-8-10-16(11-9-15)20-18(21)13-17-14(2)6-5-12-19-17/h8-11,14,17,19H,3-7,12-13H2,1-2H3,(H,20,21). The minimum absolute atomic E-state index is 0.113. The van der Waals surface area contributed by atoms with Crippen molar-refractivity contribution in [1.29, 1.82) is 0 Å². The van der Waals surface area contributed by atoms with Crippen molar-refractivity contribution in [1.82, 2.24) is 5.32 Å². The highest BCUT2D eigenvalue weighted by Gasteiger charge is 2.23. The van der Waals surface area contributed by atoms with Crippen LogP contribution in [0.1, 0.15) is 51.5 Å². The largest absolute Gasteiger partial charge is 0.326 e. The number of nitrogens with one attached hydrogen (secondary N) is 2. The van der Waals surface area contributed by atoms with Gasteiger partial charge in [-0.25, -0.2) is 0 Å². The van der Waals surface area contributed by atoms with E-state index in [1.807, 2.05) is 12.1 Å². The molecule has 1 aromatic carbocycles. The molecule has 1 fully saturated rings. The Morgan fingerprint density at radius 3 is 2.76 bits per heavy atom. The van der Waals surface area contributed by atoms with Crippen LogP contribution in [0.4, 0.5) is 5.69 Å². The minimum Gasteiger partial charge on any atom is -0.326 e. The Morgan fingerprint density at radius 1 is 1.33 bits per heavy atom. The van der Waals surface area contributed by atoms with Gasteiger partial charge in [-0.1, -0.05) is 32.4 Å². The normalized spacial score (nSPS) is 22.0. The molecule has 3 heteroatoms. The third-order valence-corrected chi connectivity index (χ3v) is 4.39. The lowest BCUT2D eigenvalue weighted by atomic mass is 9.90. The number of anilines is 1. The maximum Gasteiger partial charge on any atom is 0.225 e. The van der Waals surface area contributed by atoms with Crippen molar-refractivity contribution in [3.63, 3.8) is 0 Å². The number of unbranched alkanes of at least 4 members (excludes halogenated alkanes) is 1. The summed E-state index contributed by atoms with van der Waals surface area (Å²) in [5.74, 6) is 0.698. The molecule has 2 rings (SSSR count). The third-order valence-electron chi connectivity index (χ3n) is 4.39. The summed E-state index contributed by atoms with van der Waals surface area (Å²) in [6, 6.07) is 8.59. The molecule has 1 aromatic rings. The van der Waals surface area contributed by atoms with Gasteiger partial charge in [0, 0.05) is 18.2 Å². The topological polar surface area (TPSA) is 41.1 Å². The lowest BCUT2D eigenvalue weighted by molar-refractivity contribution is -0.117. The Balaban J connectivity index is 1.81. The Morgan fingerprint density at radius 2 is 2.10 bits per heavy atom. The molecule has 1 heterocycles. The predicted molar refractivity (Wildman–Crippen MR) is 88.5 cm³/mol. The molecule has 2 N–H and O–H groups in total. The van der Waals surface area contributed by atoms with Crippen molar-refractivity contribution in [3.05, 3.63) is 29.8 Å². The molecule has 0 saturated carbocycles. The number of amides is 1. The molecule has 1 amide bonds. The number of piperidine rings is 1. The van der Waals surface area contributed by atoms with E-state index in [4.69, 9.17) is 0 Å². The van der Waals surface area contributed by atoms with E-state index in [0.29, 0.717) is 18.4 Å². The fraction of sp³-hybridized carbons (Fsp3) is 0.611. The van der Waals surface area contributed by atoms with E-state index in [1.54, 1.807) is 0 Å². The Hall–Kier alpha value is -1.35. The quantitative estimate of drug-likeness (QED) is 0.837. The summed E-state index contributed by atoms with van der Waals surface area (Å²) in [4.78, 5) is 12.1. The maximum atomic E-state index is 12.1. The smallest absolute Gasteiger partial charge is 0.225 e. The average molecular weight is 288 g/mol. The van der Waals surface area contributed by atoms with Gasteiger partial charge >= 0.3 is 0 Å². The minimum atomic E-state index is 0.113. The number of carbonyl (C=O) groups excluding carboxylic acids is 1. The highest BCUT2D eigenvalue weighted by molar-refractivity contribution is 5.91. The first kappa shape index (κ1) is 16.0. The summed E-state index contributed by atoms with van der Waals surface area (Å²) in [7, 11) is 0. The van der Waals surface area contributed by atoms with E-state index >= 15 is 0 Å². The summed E-state index contributed by atoms with van der Waals surface area (Å²) in [6.07, 6.45) is 6.56. The first-order chi connectivity index (χ1) is 10.2. The molecule has 3 nitrogen and oxygen atoms in total. The Labute approximate surface area is 128 Å². The molecule has 2 unspecified atom stereocenters. The van der Waals surface area contributed by atoms with Gasteiger partial charge in [0.25, 0.3) is 0 Å². The first-order valence-electron chi connectivity index (χ1n) is 8.31. The Kier molecular flexibility index (Phi) is 6.24. The zero-order valence-electron chi connectivity index (χ0n) is 13.3. The van der Waals surface area contributed by atoms with E-state index in [-0.39, 0.29) is 5.91 Å². The highest BCUT2D eigenvalue weighted by Crippen LogP contribution is 2.19. The van der Waals surface area contributed by atoms with Crippen molar-refractivity contribution in [2.75, 3.05) is 11.9 Å². The SMILES string of the molecule is CCCCc1ccc(NC(=O)CC2NCCCC2C)cc1. The van der Waals surface area contributed by atoms with Gasteiger partial charge in [-0.15, -0.1) is 0 Å².